The van der Waals surface area contributed by atoms with Crippen molar-refractivity contribution in [2.75, 3.05) is 19.5 Å². The number of aliphatic hydroxyl groups is 2. The van der Waals surface area contributed by atoms with Crippen LogP contribution in [-0.4, -0.2) is 80.3 Å². The van der Waals surface area contributed by atoms with Gasteiger partial charge in [-0.3, -0.25) is 4.52 Å². The van der Waals surface area contributed by atoms with Gasteiger partial charge in [0.15, 0.2) is 17.1 Å². The van der Waals surface area contributed by atoms with Gasteiger partial charge in [0, 0.05) is 7.11 Å². The van der Waals surface area contributed by atoms with Crippen LogP contribution in [0.15, 0.2) is 12.7 Å². The van der Waals surface area contributed by atoms with Gasteiger partial charge >= 0.3 is 23.5 Å². The van der Waals surface area contributed by atoms with Gasteiger partial charge < -0.3 is 44.8 Å². The quantitative estimate of drug-likeness (QED) is 0.119. The number of nitrogen functional groups attached to an aromatic ring is 1. The van der Waals surface area contributed by atoms with E-state index in [1.54, 1.807) is 0 Å². The predicted molar refractivity (Wildman–Crippen MR) is 115 cm³/mol. The van der Waals surface area contributed by atoms with E-state index in [1.807, 2.05) is 5.92 Å². The van der Waals surface area contributed by atoms with Crippen LogP contribution in [0.1, 0.15) is 6.92 Å². The molecular weight excluding hydrogens is 539 g/mol. The number of anilines is 1. The van der Waals surface area contributed by atoms with Crippen molar-refractivity contribution < 1.29 is 61.4 Å². The van der Waals surface area contributed by atoms with Gasteiger partial charge in [-0.1, -0.05) is 5.92 Å². The molecule has 18 nitrogen and oxygen atoms in total. The van der Waals surface area contributed by atoms with E-state index in [0.29, 0.717) is 0 Å². The van der Waals surface area contributed by atoms with Gasteiger partial charge in [0.25, 0.3) is 0 Å². The van der Waals surface area contributed by atoms with Gasteiger partial charge in [-0.15, -0.1) is 6.42 Å². The van der Waals surface area contributed by atoms with Crippen LogP contribution in [0, 0.1) is 12.3 Å². The zero-order chi connectivity index (χ0) is 26.9. The standard InChI is InChI=1S/C14H22N5O13P3/c1-4-14(21,5-19-8-18-9-10(15)16-7-17-11(9)19)12(20)13(2,29-3)6-30-34(25,26)32-35(27,28)31-33(22,23)24/h1,7-8,12,20-21H,5-6H2,2-3H3,(H,25,26)(H,27,28)(H2,15,16,17)(H2,22,23,24)/t12-,13-,14+/m1/s1. The fourth-order valence-electron chi connectivity index (χ4n) is 2.75. The third-order valence-corrected chi connectivity index (χ3v) is 8.30. The van der Waals surface area contributed by atoms with Gasteiger partial charge in [0.1, 0.15) is 23.5 Å². The van der Waals surface area contributed by atoms with Crippen LogP contribution >= 0.6 is 23.5 Å². The molecule has 21 heteroatoms. The van der Waals surface area contributed by atoms with Crippen molar-refractivity contribution in [1.29, 1.82) is 0 Å². The Morgan fingerprint density at radius 2 is 1.80 bits per heavy atom. The number of hydrogen-bond donors (Lipinski definition) is 7. The number of nitrogens with two attached hydrogens (primary N) is 1. The van der Waals surface area contributed by atoms with E-state index in [1.165, 1.54) is 10.9 Å². The Hall–Kier alpha value is -1.80. The summed E-state index contributed by atoms with van der Waals surface area (Å²) in [6, 6.07) is 0. The highest BCUT2D eigenvalue weighted by Gasteiger charge is 2.50. The molecule has 0 aliphatic rings. The molecule has 2 unspecified atom stereocenters. The Kier molecular flexibility index (Phi) is 8.65. The number of methoxy groups -OCH3 is 1. The number of rotatable bonds is 12. The molecule has 0 fully saturated rings. The van der Waals surface area contributed by atoms with Crippen molar-refractivity contribution in [3.05, 3.63) is 12.7 Å². The van der Waals surface area contributed by atoms with Crippen molar-refractivity contribution in [2.45, 2.75) is 30.8 Å². The summed E-state index contributed by atoms with van der Waals surface area (Å²) in [6.07, 6.45) is 5.71. The Balaban J connectivity index is 2.24. The second kappa shape index (κ2) is 10.3. The van der Waals surface area contributed by atoms with E-state index in [4.69, 9.17) is 26.7 Å². The maximum Gasteiger partial charge on any atom is 0.490 e. The van der Waals surface area contributed by atoms with Gasteiger partial charge in [-0.05, 0) is 6.92 Å². The normalized spacial score (nSPS) is 20.2. The molecule has 0 aromatic carbocycles. The second-order valence-electron chi connectivity index (χ2n) is 7.16. The fraction of sp³-hybridized carbons (Fsp3) is 0.500. The molecule has 35 heavy (non-hydrogen) atoms. The van der Waals surface area contributed by atoms with Gasteiger partial charge in [-0.25, -0.2) is 28.6 Å². The van der Waals surface area contributed by atoms with Crippen LogP contribution in [0.3, 0.4) is 0 Å². The molecule has 196 valence electrons. The first-order chi connectivity index (χ1) is 15.9. The van der Waals surface area contributed by atoms with Gasteiger partial charge in [0.05, 0.1) is 19.5 Å². The number of fused-ring (bicyclic) bond motifs is 1. The van der Waals surface area contributed by atoms with E-state index in [9.17, 15) is 33.7 Å². The van der Waals surface area contributed by atoms with Crippen LogP contribution in [0.4, 0.5) is 5.82 Å². The average molecular weight is 561 g/mol. The van der Waals surface area contributed by atoms with E-state index in [-0.39, 0.29) is 17.0 Å². The minimum atomic E-state index is -5.77. The lowest BCUT2D eigenvalue weighted by Gasteiger charge is -2.40. The zero-order valence-corrected chi connectivity index (χ0v) is 20.7. The molecule has 2 heterocycles. The fourth-order valence-corrected chi connectivity index (χ4v) is 5.87. The largest absolute Gasteiger partial charge is 0.490 e. The van der Waals surface area contributed by atoms with Crippen molar-refractivity contribution >= 4 is 40.4 Å². The summed E-state index contributed by atoms with van der Waals surface area (Å²) in [5.41, 5.74) is 1.53. The maximum absolute atomic E-state index is 12.0. The molecule has 2 aromatic heterocycles. The van der Waals surface area contributed by atoms with E-state index >= 15 is 0 Å². The monoisotopic (exact) mass is 561 g/mol. The van der Waals surface area contributed by atoms with Crippen molar-refractivity contribution in [3.63, 3.8) is 0 Å². The Labute approximate surface area is 197 Å². The minimum Gasteiger partial charge on any atom is -0.386 e. The summed E-state index contributed by atoms with van der Waals surface area (Å²) in [5, 5.41) is 21.9. The molecule has 0 spiro atoms. The lowest BCUT2D eigenvalue weighted by molar-refractivity contribution is -0.174. The molecule has 5 atom stereocenters. The van der Waals surface area contributed by atoms with Crippen LogP contribution < -0.4 is 5.73 Å². The number of aromatic nitrogens is 4. The lowest BCUT2D eigenvalue weighted by Crippen LogP contribution is -2.59. The third-order valence-electron chi connectivity index (χ3n) is 4.52. The zero-order valence-electron chi connectivity index (χ0n) is 18.0. The lowest BCUT2D eigenvalue weighted by atomic mass is 9.85. The maximum atomic E-state index is 12.0. The molecule has 0 bridgehead atoms. The number of ether oxygens (including phenoxy) is 1. The van der Waals surface area contributed by atoms with E-state index in [0.717, 1.165) is 20.4 Å². The second-order valence-corrected chi connectivity index (χ2v) is 11.6. The minimum absolute atomic E-state index is 0.0382. The first kappa shape index (κ1) is 29.4. The number of nitrogens with zero attached hydrogens (tertiary/aromatic N) is 4. The summed E-state index contributed by atoms with van der Waals surface area (Å²) < 4.78 is 52.3. The molecule has 0 aliphatic carbocycles. The molecule has 2 aromatic rings. The summed E-state index contributed by atoms with van der Waals surface area (Å²) in [6.45, 7) is -0.541. The molecule has 8 N–H and O–H groups in total. The first-order valence-electron chi connectivity index (χ1n) is 9.00. The molecule has 0 amide bonds. The number of phosphoric acid groups is 3. The molecule has 0 saturated heterocycles. The Bertz CT molecular complexity index is 1260. The SMILES string of the molecule is C#C[C@](O)(Cn1cnc2c(N)ncnc21)[C@H](O)[C@@](C)(COP(=O)(O)OP(=O)(O)OP(=O)(O)O)OC. The smallest absolute Gasteiger partial charge is 0.386 e. The summed E-state index contributed by atoms with van der Waals surface area (Å²) in [5.74, 6) is 2.03. The molecule has 0 aliphatic heterocycles. The average Bonchev–Trinajstić information content (AvgIpc) is 3.12. The van der Waals surface area contributed by atoms with Gasteiger partial charge in [0.2, 0.25) is 0 Å². The van der Waals surface area contributed by atoms with Crippen LogP contribution in [0.5, 0.6) is 0 Å². The summed E-state index contributed by atoms with van der Waals surface area (Å²) in [7, 11) is -15.9. The number of phosphoric ester groups is 1. The van der Waals surface area contributed by atoms with Crippen molar-refractivity contribution in [3.8, 4) is 12.3 Å². The number of imidazole rings is 1. The van der Waals surface area contributed by atoms with E-state index < -0.39 is 53.9 Å². The highest BCUT2D eigenvalue weighted by atomic mass is 31.3. The summed E-state index contributed by atoms with van der Waals surface area (Å²) in [4.78, 5) is 47.8. The highest BCUT2D eigenvalue weighted by Crippen LogP contribution is 2.66. The number of hydrogen-bond acceptors (Lipinski definition) is 13. The Morgan fingerprint density at radius 3 is 2.34 bits per heavy atom. The topological polar surface area (TPSA) is 279 Å². The van der Waals surface area contributed by atoms with Crippen molar-refractivity contribution in [1.82, 2.24) is 19.5 Å². The highest BCUT2D eigenvalue weighted by molar-refractivity contribution is 7.66. The van der Waals surface area contributed by atoms with Crippen LogP contribution in [-0.2, 0) is 38.1 Å². The number of terminal acetylenes is 1. The predicted octanol–water partition coefficient (Wildman–Crippen LogP) is -1.12. The number of aliphatic hydroxyl groups excluding tert-OH is 1. The summed E-state index contributed by atoms with van der Waals surface area (Å²) >= 11 is 0. The van der Waals surface area contributed by atoms with E-state index in [2.05, 4.69) is 28.1 Å². The molecule has 0 saturated carbocycles. The van der Waals surface area contributed by atoms with Crippen LogP contribution in [0.25, 0.3) is 11.2 Å². The van der Waals surface area contributed by atoms with Crippen molar-refractivity contribution in [2.24, 2.45) is 0 Å². The third kappa shape index (κ3) is 7.35. The molecular formula is C14H22N5O13P3. The van der Waals surface area contributed by atoms with Crippen LogP contribution in [0.2, 0.25) is 0 Å². The first-order valence-corrected chi connectivity index (χ1v) is 13.5. The molecule has 2 rings (SSSR count). The molecule has 0 radical (unpaired) electrons. The Morgan fingerprint density at radius 1 is 1.17 bits per heavy atom. The van der Waals surface area contributed by atoms with Gasteiger partial charge in [-0.2, -0.15) is 8.62 Å².